The van der Waals surface area contributed by atoms with Crippen molar-refractivity contribution in [3.63, 3.8) is 0 Å². The number of hydrogen-bond acceptors (Lipinski definition) is 4. The summed E-state index contributed by atoms with van der Waals surface area (Å²) in [5, 5.41) is 6.50. The maximum absolute atomic E-state index is 13.7. The van der Waals surface area contributed by atoms with Crippen LogP contribution in [0.1, 0.15) is 31.9 Å². The molecule has 1 aromatic carbocycles. The van der Waals surface area contributed by atoms with E-state index in [1.165, 1.54) is 6.07 Å². The summed E-state index contributed by atoms with van der Waals surface area (Å²) in [4.78, 5) is 35.0. The van der Waals surface area contributed by atoms with Crippen molar-refractivity contribution in [1.29, 1.82) is 0 Å². The number of hydrogen-bond donors (Lipinski definition) is 3. The average Bonchev–Trinajstić information content (AvgIpc) is 3.26. The Morgan fingerprint density at radius 1 is 1.06 bits per heavy atom. The maximum atomic E-state index is 13.7. The van der Waals surface area contributed by atoms with Crippen LogP contribution in [-0.4, -0.2) is 51.9 Å². The summed E-state index contributed by atoms with van der Waals surface area (Å²) in [6, 6.07) is 5.91. The lowest BCUT2D eigenvalue weighted by molar-refractivity contribution is -0.131. The third-order valence-corrected chi connectivity index (χ3v) is 5.79. The van der Waals surface area contributed by atoms with Crippen molar-refractivity contribution in [2.24, 2.45) is 0 Å². The molecule has 2 aromatic heterocycles. The molecule has 0 fully saturated rings. The predicted octanol–water partition coefficient (Wildman–Crippen LogP) is 2.91. The Hall–Kier alpha value is -3.33. The second-order valence-corrected chi connectivity index (χ2v) is 8.43. The first kappa shape index (κ1) is 24.3. The molecule has 33 heavy (non-hydrogen) atoms. The number of aromatic nitrogens is 2. The van der Waals surface area contributed by atoms with E-state index in [2.05, 4.69) is 20.6 Å². The van der Waals surface area contributed by atoms with E-state index in [1.54, 1.807) is 19.3 Å². The molecule has 176 valence electrons. The summed E-state index contributed by atoms with van der Waals surface area (Å²) in [7, 11) is 1.82. The molecule has 0 aliphatic heterocycles. The fourth-order valence-corrected chi connectivity index (χ4v) is 3.43. The first-order valence-electron chi connectivity index (χ1n) is 10.8. The molecule has 7 nitrogen and oxygen atoms in total. The molecule has 3 aromatic rings. The first-order chi connectivity index (χ1) is 15.7. The Kier molecular flexibility index (Phi) is 7.75. The molecule has 1 unspecified atom stereocenters. The van der Waals surface area contributed by atoms with Gasteiger partial charge in [0.05, 0.1) is 6.04 Å². The third kappa shape index (κ3) is 6.13. The van der Waals surface area contributed by atoms with Gasteiger partial charge in [-0.1, -0.05) is 6.07 Å². The van der Waals surface area contributed by atoms with E-state index < -0.39 is 29.6 Å². The Bertz CT molecular complexity index is 1130. The molecule has 0 saturated carbocycles. The summed E-state index contributed by atoms with van der Waals surface area (Å²) >= 11 is 0. The number of carbonyl (C=O) groups excluding carboxylic acids is 2. The SMILES string of the molecule is CC(C)N(C)C(C)C(=O)N[C@@H](Cc1ccc(F)c(F)c1)C(=O)NCc1cnc2[nH]ccc2c1. The van der Waals surface area contributed by atoms with Crippen LogP contribution in [0.5, 0.6) is 0 Å². The number of halogens is 2. The van der Waals surface area contributed by atoms with Crippen LogP contribution >= 0.6 is 0 Å². The predicted molar refractivity (Wildman–Crippen MR) is 122 cm³/mol. The fourth-order valence-electron chi connectivity index (χ4n) is 3.43. The highest BCUT2D eigenvalue weighted by atomic mass is 19.2. The molecule has 0 radical (unpaired) electrons. The highest BCUT2D eigenvalue weighted by molar-refractivity contribution is 5.90. The molecule has 0 saturated heterocycles. The van der Waals surface area contributed by atoms with E-state index in [0.717, 1.165) is 28.7 Å². The number of rotatable bonds is 9. The zero-order valence-corrected chi connectivity index (χ0v) is 19.2. The zero-order valence-electron chi connectivity index (χ0n) is 19.2. The second kappa shape index (κ2) is 10.5. The zero-order chi connectivity index (χ0) is 24.1. The number of fused-ring (bicyclic) bond motifs is 1. The van der Waals surface area contributed by atoms with Crippen molar-refractivity contribution in [2.45, 2.75) is 51.9 Å². The average molecular weight is 458 g/mol. The summed E-state index contributed by atoms with van der Waals surface area (Å²) in [5.41, 5.74) is 1.94. The van der Waals surface area contributed by atoms with Gasteiger partial charge in [-0.15, -0.1) is 0 Å². The van der Waals surface area contributed by atoms with Gasteiger partial charge in [0, 0.05) is 36.8 Å². The lowest BCUT2D eigenvalue weighted by Gasteiger charge is -2.29. The molecule has 0 bridgehead atoms. The van der Waals surface area contributed by atoms with Gasteiger partial charge in [0.15, 0.2) is 11.6 Å². The minimum absolute atomic E-state index is 0.0159. The summed E-state index contributed by atoms with van der Waals surface area (Å²) < 4.78 is 27.0. The van der Waals surface area contributed by atoms with Crippen LogP contribution in [-0.2, 0) is 22.6 Å². The molecule has 9 heteroatoms. The van der Waals surface area contributed by atoms with E-state index in [9.17, 15) is 18.4 Å². The molecule has 2 atom stereocenters. The summed E-state index contributed by atoms with van der Waals surface area (Å²) in [5.74, 6) is -2.73. The number of nitrogens with one attached hydrogen (secondary N) is 3. The lowest BCUT2D eigenvalue weighted by atomic mass is 10.0. The smallest absolute Gasteiger partial charge is 0.243 e. The van der Waals surface area contributed by atoms with Gasteiger partial charge in [-0.3, -0.25) is 14.5 Å². The van der Waals surface area contributed by atoms with E-state index in [0.29, 0.717) is 5.56 Å². The maximum Gasteiger partial charge on any atom is 0.243 e. The molecule has 2 amide bonds. The fraction of sp³-hybridized carbons (Fsp3) is 0.375. The van der Waals surface area contributed by atoms with E-state index in [4.69, 9.17) is 0 Å². The van der Waals surface area contributed by atoms with Crippen molar-refractivity contribution in [3.05, 3.63) is 65.5 Å². The second-order valence-electron chi connectivity index (χ2n) is 8.43. The number of likely N-dealkylation sites (N-methyl/N-ethyl adjacent to an activating group) is 1. The normalized spacial score (nSPS) is 13.3. The summed E-state index contributed by atoms with van der Waals surface area (Å²) in [6.45, 7) is 5.88. The van der Waals surface area contributed by atoms with Gasteiger partial charge in [0.1, 0.15) is 11.7 Å². The van der Waals surface area contributed by atoms with Crippen molar-refractivity contribution in [3.8, 4) is 0 Å². The monoisotopic (exact) mass is 457 g/mol. The van der Waals surface area contributed by atoms with Crippen LogP contribution in [0.15, 0.2) is 42.7 Å². The van der Waals surface area contributed by atoms with Crippen molar-refractivity contribution < 1.29 is 18.4 Å². The van der Waals surface area contributed by atoms with Crippen LogP contribution in [0.25, 0.3) is 11.0 Å². The largest absolute Gasteiger partial charge is 0.350 e. The van der Waals surface area contributed by atoms with Gasteiger partial charge in [-0.2, -0.15) is 0 Å². The molecule has 2 heterocycles. The van der Waals surface area contributed by atoms with Gasteiger partial charge in [0.25, 0.3) is 0 Å². The van der Waals surface area contributed by atoms with Crippen molar-refractivity contribution in [2.75, 3.05) is 7.05 Å². The van der Waals surface area contributed by atoms with Gasteiger partial charge in [0.2, 0.25) is 11.8 Å². The number of carbonyl (C=O) groups is 2. The van der Waals surface area contributed by atoms with Gasteiger partial charge in [-0.05, 0) is 63.2 Å². The number of amides is 2. The van der Waals surface area contributed by atoms with E-state index >= 15 is 0 Å². The number of pyridine rings is 1. The van der Waals surface area contributed by atoms with E-state index in [1.807, 2.05) is 37.9 Å². The number of nitrogens with zero attached hydrogens (tertiary/aromatic N) is 2. The molecular formula is C24H29F2N5O2. The molecule has 0 aliphatic rings. The Balaban J connectivity index is 1.74. The van der Waals surface area contributed by atoms with Gasteiger partial charge in [-0.25, -0.2) is 13.8 Å². The van der Waals surface area contributed by atoms with Crippen LogP contribution in [0.2, 0.25) is 0 Å². The first-order valence-corrected chi connectivity index (χ1v) is 10.8. The van der Waals surface area contributed by atoms with Crippen molar-refractivity contribution in [1.82, 2.24) is 25.5 Å². The third-order valence-electron chi connectivity index (χ3n) is 5.79. The van der Waals surface area contributed by atoms with Crippen LogP contribution in [0.4, 0.5) is 8.78 Å². The Morgan fingerprint density at radius 2 is 1.82 bits per heavy atom. The van der Waals surface area contributed by atoms with Crippen molar-refractivity contribution >= 4 is 22.8 Å². The standard InChI is InChI=1S/C24H29F2N5O2/c1-14(2)31(4)15(3)23(32)30-21(11-16-5-6-19(25)20(26)10-16)24(33)29-13-17-9-18-7-8-27-22(18)28-12-17/h5-10,12,14-15,21H,11,13H2,1-4H3,(H,27,28)(H,29,33)(H,30,32)/t15?,21-/m0/s1. The molecule has 0 aliphatic carbocycles. The quantitative estimate of drug-likeness (QED) is 0.461. The van der Waals surface area contributed by atoms with Crippen LogP contribution in [0, 0.1) is 11.6 Å². The number of aromatic amines is 1. The highest BCUT2D eigenvalue weighted by Gasteiger charge is 2.26. The topological polar surface area (TPSA) is 90.1 Å². The van der Waals surface area contributed by atoms with Gasteiger partial charge < -0.3 is 15.6 Å². The molecule has 3 N–H and O–H groups in total. The van der Waals surface area contributed by atoms with Crippen LogP contribution in [0.3, 0.4) is 0 Å². The molecule has 3 rings (SSSR count). The van der Waals surface area contributed by atoms with Gasteiger partial charge >= 0.3 is 0 Å². The lowest BCUT2D eigenvalue weighted by Crippen LogP contribution is -2.53. The Morgan fingerprint density at radius 3 is 2.52 bits per heavy atom. The summed E-state index contributed by atoms with van der Waals surface area (Å²) in [6.07, 6.45) is 3.45. The molecule has 0 spiro atoms. The Labute approximate surface area is 191 Å². The number of benzene rings is 1. The minimum Gasteiger partial charge on any atom is -0.350 e. The molecular weight excluding hydrogens is 428 g/mol. The van der Waals surface area contributed by atoms with E-state index in [-0.39, 0.29) is 24.9 Å². The highest BCUT2D eigenvalue weighted by Crippen LogP contribution is 2.13. The minimum atomic E-state index is -1.00. The number of H-pyrrole nitrogens is 1. The van der Waals surface area contributed by atoms with Crippen LogP contribution < -0.4 is 10.6 Å².